The number of aryl methyl sites for hydroxylation is 2. The topological polar surface area (TPSA) is 86.8 Å². The van der Waals surface area contributed by atoms with Gasteiger partial charge in [0.15, 0.2) is 0 Å². The molecule has 8 heteroatoms. The van der Waals surface area contributed by atoms with Crippen LogP contribution in [0.5, 0.6) is 0 Å². The van der Waals surface area contributed by atoms with E-state index < -0.39 is 28.5 Å². The van der Waals surface area contributed by atoms with Gasteiger partial charge in [0.2, 0.25) is 11.8 Å². The zero-order valence-corrected chi connectivity index (χ0v) is 27.3. The molecule has 0 bridgehead atoms. The van der Waals surface area contributed by atoms with Gasteiger partial charge in [-0.05, 0) is 67.1 Å². The lowest BCUT2D eigenvalue weighted by Crippen LogP contribution is -2.54. The van der Waals surface area contributed by atoms with E-state index in [1.807, 2.05) is 94.4 Å². The van der Waals surface area contributed by atoms with Gasteiger partial charge in [-0.25, -0.2) is 8.42 Å². The number of sulfonamides is 1. The number of hydrogen-bond acceptors (Lipinski definition) is 4. The van der Waals surface area contributed by atoms with Crippen molar-refractivity contribution in [2.24, 2.45) is 0 Å². The van der Waals surface area contributed by atoms with Crippen molar-refractivity contribution in [2.75, 3.05) is 10.8 Å². The van der Waals surface area contributed by atoms with Gasteiger partial charge in [0.25, 0.3) is 10.0 Å². The van der Waals surface area contributed by atoms with Gasteiger partial charge in [-0.15, -0.1) is 0 Å². The second-order valence-electron chi connectivity index (χ2n) is 11.3. The van der Waals surface area contributed by atoms with Gasteiger partial charge in [0.05, 0.1) is 10.6 Å². The molecule has 0 saturated carbocycles. The lowest BCUT2D eigenvalue weighted by molar-refractivity contribution is -0.140. The van der Waals surface area contributed by atoms with Crippen LogP contribution in [-0.2, 0) is 39.0 Å². The third-order valence-corrected chi connectivity index (χ3v) is 9.90. The quantitative estimate of drug-likeness (QED) is 0.178. The Morgan fingerprint density at radius 3 is 1.98 bits per heavy atom. The Hall–Kier alpha value is -4.43. The highest BCUT2D eigenvalue weighted by Gasteiger charge is 2.35. The minimum absolute atomic E-state index is 0.0875. The standard InChI is InChI=1S/C37H43N3O4S/c1-5-29(4)38-37(42)35(25-30-18-9-7-10-19-30)39(26-32-21-14-13-17-28(32)3)36(41)27-40(34-24-16-15-20-31(34)6-2)45(43,44)33-22-11-8-12-23-33/h7-24,29,35H,5-6,25-27H2,1-4H3,(H,38,42)/t29-,35-/m1/s1. The molecule has 4 aromatic carbocycles. The maximum Gasteiger partial charge on any atom is 0.264 e. The van der Waals surface area contributed by atoms with E-state index in [-0.39, 0.29) is 29.8 Å². The normalized spacial score (nSPS) is 12.6. The van der Waals surface area contributed by atoms with E-state index in [9.17, 15) is 18.0 Å². The van der Waals surface area contributed by atoms with Crippen LogP contribution in [0.3, 0.4) is 0 Å². The molecular weight excluding hydrogens is 582 g/mol. The number of anilines is 1. The SMILES string of the molecule is CCc1ccccc1N(CC(=O)N(Cc1ccccc1C)[C@H](Cc1ccccc1)C(=O)N[C@H](C)CC)S(=O)(=O)c1ccccc1. The van der Waals surface area contributed by atoms with Crippen LogP contribution in [-0.4, -0.2) is 43.8 Å². The summed E-state index contributed by atoms with van der Waals surface area (Å²) in [6.07, 6.45) is 1.58. The fourth-order valence-electron chi connectivity index (χ4n) is 5.25. The molecule has 4 aromatic rings. The molecule has 0 unspecified atom stereocenters. The molecule has 0 spiro atoms. The van der Waals surface area contributed by atoms with E-state index >= 15 is 0 Å². The number of para-hydroxylation sites is 1. The largest absolute Gasteiger partial charge is 0.352 e. The summed E-state index contributed by atoms with van der Waals surface area (Å²) in [5.41, 5.74) is 3.99. The van der Waals surface area contributed by atoms with Crippen LogP contribution >= 0.6 is 0 Å². The number of hydrogen-bond donors (Lipinski definition) is 1. The Morgan fingerprint density at radius 1 is 0.778 bits per heavy atom. The highest BCUT2D eigenvalue weighted by atomic mass is 32.2. The molecule has 0 heterocycles. The second-order valence-corrected chi connectivity index (χ2v) is 13.1. The van der Waals surface area contributed by atoms with Gasteiger partial charge >= 0.3 is 0 Å². The molecule has 45 heavy (non-hydrogen) atoms. The average molecular weight is 626 g/mol. The zero-order valence-electron chi connectivity index (χ0n) is 26.5. The van der Waals surface area contributed by atoms with Crippen LogP contribution in [0.4, 0.5) is 5.69 Å². The smallest absolute Gasteiger partial charge is 0.264 e. The number of benzene rings is 4. The Bertz CT molecular complexity index is 1680. The van der Waals surface area contributed by atoms with Crippen LogP contribution < -0.4 is 9.62 Å². The highest BCUT2D eigenvalue weighted by molar-refractivity contribution is 7.92. The zero-order chi connectivity index (χ0) is 32.4. The first kappa shape index (κ1) is 33.5. The molecule has 236 valence electrons. The summed E-state index contributed by atoms with van der Waals surface area (Å²) >= 11 is 0. The van der Waals surface area contributed by atoms with Gasteiger partial charge < -0.3 is 10.2 Å². The number of amides is 2. The molecule has 0 radical (unpaired) electrons. The molecule has 1 N–H and O–H groups in total. The molecule has 7 nitrogen and oxygen atoms in total. The van der Waals surface area contributed by atoms with E-state index in [2.05, 4.69) is 5.32 Å². The summed E-state index contributed by atoms with van der Waals surface area (Å²) in [5, 5.41) is 3.08. The van der Waals surface area contributed by atoms with Gasteiger partial charge in [-0.3, -0.25) is 13.9 Å². The first-order valence-electron chi connectivity index (χ1n) is 15.5. The van der Waals surface area contributed by atoms with Gasteiger partial charge in [-0.1, -0.05) is 105 Å². The van der Waals surface area contributed by atoms with Crippen molar-refractivity contribution >= 4 is 27.5 Å². The van der Waals surface area contributed by atoms with E-state index in [4.69, 9.17) is 0 Å². The first-order chi connectivity index (χ1) is 21.6. The molecule has 4 rings (SSSR count). The van der Waals surface area contributed by atoms with Gasteiger partial charge in [-0.2, -0.15) is 0 Å². The van der Waals surface area contributed by atoms with Crippen LogP contribution in [0.1, 0.15) is 49.4 Å². The maximum absolute atomic E-state index is 14.7. The van der Waals surface area contributed by atoms with E-state index in [0.717, 1.165) is 28.7 Å². The van der Waals surface area contributed by atoms with E-state index in [1.54, 1.807) is 35.2 Å². The third kappa shape index (κ3) is 8.39. The summed E-state index contributed by atoms with van der Waals surface area (Å²) in [7, 11) is -4.14. The molecule has 0 aliphatic carbocycles. The molecular formula is C37H43N3O4S. The summed E-state index contributed by atoms with van der Waals surface area (Å²) in [4.78, 5) is 30.3. The van der Waals surface area contributed by atoms with Crippen molar-refractivity contribution in [3.05, 3.63) is 131 Å². The number of carbonyl (C=O) groups excluding carboxylic acids is 2. The van der Waals surface area contributed by atoms with Crippen LogP contribution in [0, 0.1) is 6.92 Å². The lowest BCUT2D eigenvalue weighted by atomic mass is 10.0. The number of carbonyl (C=O) groups is 2. The van der Waals surface area contributed by atoms with Gasteiger partial charge in [0.1, 0.15) is 12.6 Å². The molecule has 0 fully saturated rings. The fraction of sp³-hybridized carbons (Fsp3) is 0.297. The second kappa shape index (κ2) is 15.5. The maximum atomic E-state index is 14.7. The monoisotopic (exact) mass is 625 g/mol. The predicted molar refractivity (Wildman–Crippen MR) is 180 cm³/mol. The summed E-state index contributed by atoms with van der Waals surface area (Å²) in [5.74, 6) is -0.745. The van der Waals surface area contributed by atoms with Crippen molar-refractivity contribution in [1.82, 2.24) is 10.2 Å². The summed E-state index contributed by atoms with van der Waals surface area (Å²) in [6.45, 7) is 7.51. The van der Waals surface area contributed by atoms with Crippen molar-refractivity contribution in [3.8, 4) is 0 Å². The molecule has 2 amide bonds. The summed E-state index contributed by atoms with van der Waals surface area (Å²) < 4.78 is 29.6. The fourth-order valence-corrected chi connectivity index (χ4v) is 6.73. The van der Waals surface area contributed by atoms with Crippen molar-refractivity contribution < 1.29 is 18.0 Å². The summed E-state index contributed by atoms with van der Waals surface area (Å²) in [6, 6.07) is 31.7. The highest BCUT2D eigenvalue weighted by Crippen LogP contribution is 2.28. The Kier molecular flexibility index (Phi) is 11.5. The minimum atomic E-state index is -4.14. The Labute approximate surface area is 268 Å². The van der Waals surface area contributed by atoms with Crippen molar-refractivity contribution in [2.45, 2.75) is 70.5 Å². The van der Waals surface area contributed by atoms with Crippen LogP contribution in [0.15, 0.2) is 114 Å². The van der Waals surface area contributed by atoms with Gasteiger partial charge in [0, 0.05) is 19.0 Å². The molecule has 0 aliphatic rings. The van der Waals surface area contributed by atoms with E-state index in [1.165, 1.54) is 16.4 Å². The van der Waals surface area contributed by atoms with E-state index in [0.29, 0.717) is 12.1 Å². The minimum Gasteiger partial charge on any atom is -0.352 e. The molecule has 0 saturated heterocycles. The van der Waals surface area contributed by atoms with Crippen LogP contribution in [0.2, 0.25) is 0 Å². The van der Waals surface area contributed by atoms with Crippen LogP contribution in [0.25, 0.3) is 0 Å². The number of nitrogens with zero attached hydrogens (tertiary/aromatic N) is 2. The molecule has 2 atom stereocenters. The predicted octanol–water partition coefficient (Wildman–Crippen LogP) is 6.31. The first-order valence-corrected chi connectivity index (χ1v) is 16.9. The van der Waals surface area contributed by atoms with Crippen molar-refractivity contribution in [1.29, 1.82) is 0 Å². The number of nitrogens with one attached hydrogen (secondary N) is 1. The molecule has 0 aliphatic heterocycles. The molecule has 0 aromatic heterocycles. The Balaban J connectivity index is 1.84. The average Bonchev–Trinajstić information content (AvgIpc) is 3.06. The lowest BCUT2D eigenvalue weighted by Gasteiger charge is -2.35. The number of rotatable bonds is 14. The Morgan fingerprint density at radius 2 is 1.36 bits per heavy atom. The van der Waals surface area contributed by atoms with Crippen molar-refractivity contribution in [3.63, 3.8) is 0 Å². The third-order valence-electron chi connectivity index (χ3n) is 8.13.